The van der Waals surface area contributed by atoms with Crippen molar-refractivity contribution < 1.29 is 14.4 Å². The summed E-state index contributed by atoms with van der Waals surface area (Å²) in [7, 11) is 0. The van der Waals surface area contributed by atoms with Gasteiger partial charge in [-0.1, -0.05) is 36.4 Å². The van der Waals surface area contributed by atoms with Crippen LogP contribution in [0, 0.1) is 0 Å². The molecule has 0 saturated carbocycles. The van der Waals surface area contributed by atoms with Crippen molar-refractivity contribution >= 4 is 23.5 Å². The third-order valence-electron chi connectivity index (χ3n) is 4.98. The van der Waals surface area contributed by atoms with Crippen LogP contribution in [0.3, 0.4) is 0 Å². The first kappa shape index (κ1) is 21.3. The van der Waals surface area contributed by atoms with Crippen LogP contribution in [-0.2, 0) is 11.2 Å². The third kappa shape index (κ3) is 6.05. The minimum absolute atomic E-state index is 0.0709. The van der Waals surface area contributed by atoms with E-state index in [1.54, 1.807) is 29.2 Å². The van der Waals surface area contributed by atoms with Crippen LogP contribution in [0.2, 0.25) is 0 Å². The normalized spacial score (nSPS) is 14.6. The fraction of sp³-hybridized carbons (Fsp3) is 0.318. The van der Waals surface area contributed by atoms with E-state index in [1.807, 2.05) is 30.3 Å². The summed E-state index contributed by atoms with van der Waals surface area (Å²) >= 11 is 0. The van der Waals surface area contributed by atoms with Gasteiger partial charge in [-0.25, -0.2) is 4.79 Å². The van der Waals surface area contributed by atoms with Gasteiger partial charge < -0.3 is 26.6 Å². The molecule has 2 aromatic carbocycles. The molecule has 3 rings (SSSR count). The van der Waals surface area contributed by atoms with Gasteiger partial charge in [-0.3, -0.25) is 9.59 Å². The van der Waals surface area contributed by atoms with Gasteiger partial charge in [0.2, 0.25) is 5.91 Å². The molecule has 1 aliphatic heterocycles. The van der Waals surface area contributed by atoms with Gasteiger partial charge in [0.05, 0.1) is 0 Å². The van der Waals surface area contributed by atoms with Gasteiger partial charge in [-0.05, 0) is 36.6 Å². The molecule has 1 saturated heterocycles. The number of nitrogens with zero attached hydrogens (tertiary/aromatic N) is 1. The molecule has 1 aliphatic rings. The van der Waals surface area contributed by atoms with Crippen LogP contribution in [0.25, 0.3) is 0 Å². The van der Waals surface area contributed by atoms with E-state index in [2.05, 4.69) is 16.0 Å². The molecular weight excluding hydrogens is 382 g/mol. The SMILES string of the molecule is NC(=O)[C@@H](CCc1ccccc1)NC(=O)Nc1cccc(C(=O)N2CCNCC2)c1. The van der Waals surface area contributed by atoms with Crippen molar-refractivity contribution in [2.24, 2.45) is 5.73 Å². The Morgan fingerprint density at radius 2 is 1.77 bits per heavy atom. The van der Waals surface area contributed by atoms with E-state index in [0.29, 0.717) is 37.2 Å². The van der Waals surface area contributed by atoms with Crippen molar-refractivity contribution in [2.45, 2.75) is 18.9 Å². The van der Waals surface area contributed by atoms with Crippen LogP contribution in [0.5, 0.6) is 0 Å². The lowest BCUT2D eigenvalue weighted by Crippen LogP contribution is -2.46. The molecule has 0 aliphatic carbocycles. The lowest BCUT2D eigenvalue weighted by molar-refractivity contribution is -0.119. The number of nitrogens with two attached hydrogens (primary N) is 1. The first-order valence-electron chi connectivity index (χ1n) is 10.0. The Labute approximate surface area is 175 Å². The van der Waals surface area contributed by atoms with E-state index < -0.39 is 18.0 Å². The summed E-state index contributed by atoms with van der Waals surface area (Å²) in [5, 5.41) is 8.51. The van der Waals surface area contributed by atoms with Crippen molar-refractivity contribution in [3.63, 3.8) is 0 Å². The number of benzene rings is 2. The van der Waals surface area contributed by atoms with Crippen molar-refractivity contribution in [3.8, 4) is 0 Å². The standard InChI is InChI=1S/C22H27N5O3/c23-20(28)19(10-9-16-5-2-1-3-6-16)26-22(30)25-18-8-4-7-17(15-18)21(29)27-13-11-24-12-14-27/h1-8,15,19,24H,9-14H2,(H2,23,28)(H2,25,26,30)/t19-/m1/s1. The highest BCUT2D eigenvalue weighted by atomic mass is 16.2. The van der Waals surface area contributed by atoms with Gasteiger partial charge in [0.1, 0.15) is 6.04 Å². The smallest absolute Gasteiger partial charge is 0.319 e. The molecule has 1 heterocycles. The zero-order valence-corrected chi connectivity index (χ0v) is 16.8. The van der Waals surface area contributed by atoms with Crippen LogP contribution >= 0.6 is 0 Å². The average molecular weight is 409 g/mol. The number of primary amides is 1. The number of urea groups is 1. The number of aryl methyl sites for hydroxylation is 1. The Morgan fingerprint density at radius 1 is 1.03 bits per heavy atom. The number of anilines is 1. The first-order chi connectivity index (χ1) is 14.5. The summed E-state index contributed by atoms with van der Waals surface area (Å²) in [6, 6.07) is 15.1. The molecule has 0 unspecified atom stereocenters. The van der Waals surface area contributed by atoms with Crippen LogP contribution in [0.4, 0.5) is 10.5 Å². The van der Waals surface area contributed by atoms with E-state index in [4.69, 9.17) is 5.73 Å². The minimum atomic E-state index is -0.795. The number of carbonyl (C=O) groups is 3. The number of hydrogen-bond acceptors (Lipinski definition) is 4. The Bertz CT molecular complexity index is 881. The summed E-state index contributed by atoms with van der Waals surface area (Å²) in [5.41, 5.74) is 7.49. The second-order valence-corrected chi connectivity index (χ2v) is 7.20. The highest BCUT2D eigenvalue weighted by Gasteiger charge is 2.20. The second-order valence-electron chi connectivity index (χ2n) is 7.20. The number of piperazine rings is 1. The highest BCUT2D eigenvalue weighted by Crippen LogP contribution is 2.14. The maximum absolute atomic E-state index is 12.6. The highest BCUT2D eigenvalue weighted by molar-refractivity contribution is 5.97. The van der Waals surface area contributed by atoms with Crippen LogP contribution < -0.4 is 21.7 Å². The molecule has 1 fully saturated rings. The summed E-state index contributed by atoms with van der Waals surface area (Å²) in [5.74, 6) is -0.665. The molecule has 1 atom stereocenters. The third-order valence-corrected chi connectivity index (χ3v) is 4.98. The molecule has 8 nitrogen and oxygen atoms in total. The summed E-state index contributed by atoms with van der Waals surface area (Å²) in [6.07, 6.45) is 1.01. The maximum Gasteiger partial charge on any atom is 0.319 e. The number of rotatable bonds is 7. The second kappa shape index (κ2) is 10.4. The zero-order valence-electron chi connectivity index (χ0n) is 16.8. The predicted octanol–water partition coefficient (Wildman–Crippen LogP) is 1.34. The van der Waals surface area contributed by atoms with Crippen molar-refractivity contribution in [2.75, 3.05) is 31.5 Å². The number of amides is 4. The molecule has 0 aromatic heterocycles. The molecule has 30 heavy (non-hydrogen) atoms. The van der Waals surface area contributed by atoms with Gasteiger partial charge in [-0.2, -0.15) is 0 Å². The molecule has 0 spiro atoms. The van der Waals surface area contributed by atoms with Crippen LogP contribution in [0.1, 0.15) is 22.3 Å². The number of hydrogen-bond donors (Lipinski definition) is 4. The lowest BCUT2D eigenvalue weighted by Gasteiger charge is -2.27. The molecule has 2 aromatic rings. The number of carbonyl (C=O) groups excluding carboxylic acids is 3. The summed E-state index contributed by atoms with van der Waals surface area (Å²) in [4.78, 5) is 38.6. The summed E-state index contributed by atoms with van der Waals surface area (Å²) in [6.45, 7) is 2.84. The van der Waals surface area contributed by atoms with Crippen molar-refractivity contribution in [1.82, 2.24) is 15.5 Å². The van der Waals surface area contributed by atoms with Crippen molar-refractivity contribution in [1.29, 1.82) is 0 Å². The maximum atomic E-state index is 12.6. The van der Waals surface area contributed by atoms with Gasteiger partial charge in [0.15, 0.2) is 0 Å². The zero-order chi connectivity index (χ0) is 21.3. The van der Waals surface area contributed by atoms with Crippen LogP contribution in [0.15, 0.2) is 54.6 Å². The van der Waals surface area contributed by atoms with E-state index >= 15 is 0 Å². The molecule has 0 radical (unpaired) electrons. The Balaban J connectivity index is 1.57. The largest absolute Gasteiger partial charge is 0.368 e. The Morgan fingerprint density at radius 3 is 2.47 bits per heavy atom. The van der Waals surface area contributed by atoms with Gasteiger partial charge >= 0.3 is 6.03 Å². The van der Waals surface area contributed by atoms with Gasteiger partial charge in [-0.15, -0.1) is 0 Å². The predicted molar refractivity (Wildman–Crippen MR) is 115 cm³/mol. The van der Waals surface area contributed by atoms with E-state index in [9.17, 15) is 14.4 Å². The molecule has 5 N–H and O–H groups in total. The van der Waals surface area contributed by atoms with Gasteiger partial charge in [0, 0.05) is 37.4 Å². The summed E-state index contributed by atoms with van der Waals surface area (Å²) < 4.78 is 0. The quantitative estimate of drug-likeness (QED) is 0.552. The van der Waals surface area contributed by atoms with Crippen molar-refractivity contribution in [3.05, 3.63) is 65.7 Å². The molecule has 4 amide bonds. The minimum Gasteiger partial charge on any atom is -0.368 e. The lowest BCUT2D eigenvalue weighted by atomic mass is 10.1. The fourth-order valence-electron chi connectivity index (χ4n) is 3.35. The fourth-order valence-corrected chi connectivity index (χ4v) is 3.35. The Hall–Kier alpha value is -3.39. The molecular formula is C22H27N5O3. The first-order valence-corrected chi connectivity index (χ1v) is 10.0. The van der Waals surface area contributed by atoms with E-state index in [1.165, 1.54) is 0 Å². The molecule has 158 valence electrons. The van der Waals surface area contributed by atoms with E-state index in [0.717, 1.165) is 18.7 Å². The van der Waals surface area contributed by atoms with Gasteiger partial charge in [0.25, 0.3) is 5.91 Å². The molecule has 0 bridgehead atoms. The van der Waals surface area contributed by atoms with Crippen LogP contribution in [-0.4, -0.2) is 55.0 Å². The topological polar surface area (TPSA) is 117 Å². The molecule has 8 heteroatoms. The monoisotopic (exact) mass is 409 g/mol. The average Bonchev–Trinajstić information content (AvgIpc) is 2.77. The Kier molecular flexibility index (Phi) is 7.40. The van der Waals surface area contributed by atoms with E-state index in [-0.39, 0.29) is 5.91 Å². The number of nitrogens with one attached hydrogen (secondary N) is 3.